The van der Waals surface area contributed by atoms with Crippen molar-refractivity contribution in [2.75, 3.05) is 6.54 Å². The molecule has 0 saturated carbocycles. The van der Waals surface area contributed by atoms with E-state index in [-0.39, 0.29) is 5.96 Å². The van der Waals surface area contributed by atoms with Crippen LogP contribution in [0.4, 0.5) is 0 Å². The molecule has 94 valence electrons. The summed E-state index contributed by atoms with van der Waals surface area (Å²) >= 11 is 5.93. The monoisotopic (exact) mass is 263 g/mol. The van der Waals surface area contributed by atoms with Crippen molar-refractivity contribution in [1.82, 2.24) is 10.6 Å². The molecule has 0 spiro atoms. The molecule has 0 fully saturated rings. The van der Waals surface area contributed by atoms with Crippen LogP contribution in [0.25, 0.3) is 6.08 Å². The lowest BCUT2D eigenvalue weighted by Crippen LogP contribution is -2.39. The molecule has 0 unspecified atom stereocenters. The molecule has 1 aromatic rings. The Morgan fingerprint density at radius 3 is 2.83 bits per heavy atom. The van der Waals surface area contributed by atoms with Crippen LogP contribution in [-0.2, 0) is 4.79 Å². The zero-order chi connectivity index (χ0) is 13.4. The maximum atomic E-state index is 11.5. The van der Waals surface area contributed by atoms with E-state index in [0.29, 0.717) is 11.6 Å². The Kier molecular flexibility index (Phi) is 5.67. The summed E-state index contributed by atoms with van der Waals surface area (Å²) in [6.45, 7) is 3.92. The van der Waals surface area contributed by atoms with Gasteiger partial charge in [-0.2, -0.15) is 0 Å². The van der Waals surface area contributed by atoms with Crippen LogP contribution in [-0.4, -0.2) is 18.4 Å². The Bertz CT molecular complexity index is 483. The lowest BCUT2D eigenvalue weighted by atomic mass is 10.2. The molecule has 0 saturated heterocycles. The van der Waals surface area contributed by atoms with Crippen LogP contribution in [0.15, 0.2) is 43.0 Å². The summed E-state index contributed by atoms with van der Waals surface area (Å²) in [7, 11) is 0. The fourth-order valence-electron chi connectivity index (χ4n) is 1.16. The Balaban J connectivity index is 2.52. The van der Waals surface area contributed by atoms with Gasteiger partial charge in [0.25, 0.3) is 5.91 Å². The number of hydrogen-bond donors (Lipinski definition) is 3. The van der Waals surface area contributed by atoms with Gasteiger partial charge in [-0.3, -0.25) is 15.5 Å². The molecule has 0 aliphatic rings. The fraction of sp³-hybridized carbons (Fsp3) is 0.0769. The average molecular weight is 264 g/mol. The molecular weight excluding hydrogens is 250 g/mol. The van der Waals surface area contributed by atoms with Crippen molar-refractivity contribution in [2.45, 2.75) is 0 Å². The van der Waals surface area contributed by atoms with E-state index in [1.54, 1.807) is 24.3 Å². The van der Waals surface area contributed by atoms with E-state index in [1.807, 2.05) is 12.1 Å². The summed E-state index contributed by atoms with van der Waals surface area (Å²) in [6, 6.07) is 7.19. The number of rotatable bonds is 4. The van der Waals surface area contributed by atoms with E-state index in [0.717, 1.165) is 5.56 Å². The van der Waals surface area contributed by atoms with Crippen molar-refractivity contribution < 1.29 is 4.79 Å². The number of halogens is 1. The highest BCUT2D eigenvalue weighted by atomic mass is 35.5. The largest absolute Gasteiger partial charge is 0.353 e. The maximum Gasteiger partial charge on any atom is 0.250 e. The molecule has 4 nitrogen and oxygen atoms in total. The van der Waals surface area contributed by atoms with Gasteiger partial charge in [0.05, 0.1) is 0 Å². The number of benzene rings is 1. The third-order valence-electron chi connectivity index (χ3n) is 1.99. The summed E-state index contributed by atoms with van der Waals surface area (Å²) < 4.78 is 0. The normalized spacial score (nSPS) is 10.1. The zero-order valence-corrected chi connectivity index (χ0v) is 10.5. The minimum Gasteiger partial charge on any atom is -0.353 e. The van der Waals surface area contributed by atoms with Crippen molar-refractivity contribution in [1.29, 1.82) is 5.41 Å². The van der Waals surface area contributed by atoms with Crippen molar-refractivity contribution in [3.05, 3.63) is 53.6 Å². The first-order valence-corrected chi connectivity index (χ1v) is 5.68. The lowest BCUT2D eigenvalue weighted by Gasteiger charge is -2.04. The predicted octanol–water partition coefficient (Wildman–Crippen LogP) is 2.18. The van der Waals surface area contributed by atoms with Crippen molar-refractivity contribution >= 4 is 29.5 Å². The van der Waals surface area contributed by atoms with Gasteiger partial charge < -0.3 is 5.32 Å². The van der Waals surface area contributed by atoms with Gasteiger partial charge in [0.1, 0.15) is 0 Å². The number of amides is 1. The van der Waals surface area contributed by atoms with Gasteiger partial charge in [-0.05, 0) is 17.7 Å². The molecule has 0 heterocycles. The number of guanidine groups is 1. The van der Waals surface area contributed by atoms with Gasteiger partial charge >= 0.3 is 0 Å². The molecule has 1 rings (SSSR count). The second kappa shape index (κ2) is 7.29. The van der Waals surface area contributed by atoms with Crippen LogP contribution >= 0.6 is 11.6 Å². The third kappa shape index (κ3) is 4.84. The molecule has 3 N–H and O–H groups in total. The fourth-order valence-corrected chi connectivity index (χ4v) is 1.36. The van der Waals surface area contributed by atoms with E-state index in [4.69, 9.17) is 17.0 Å². The van der Waals surface area contributed by atoms with Gasteiger partial charge in [0.2, 0.25) is 0 Å². The quantitative estimate of drug-likeness (QED) is 0.337. The molecule has 0 aliphatic heterocycles. The molecule has 1 amide bonds. The van der Waals surface area contributed by atoms with E-state index in [2.05, 4.69) is 17.2 Å². The Morgan fingerprint density at radius 2 is 2.17 bits per heavy atom. The van der Waals surface area contributed by atoms with Crippen molar-refractivity contribution in [3.63, 3.8) is 0 Å². The van der Waals surface area contributed by atoms with E-state index >= 15 is 0 Å². The van der Waals surface area contributed by atoms with Gasteiger partial charge in [-0.1, -0.05) is 35.9 Å². The van der Waals surface area contributed by atoms with Gasteiger partial charge in [-0.15, -0.1) is 6.58 Å². The summed E-state index contributed by atoms with van der Waals surface area (Å²) in [5.41, 5.74) is 0.750. The SMILES string of the molecule is C=CCNC(=N)NC(=O)C=Cc1ccccc1Cl. The number of nitrogens with one attached hydrogen (secondary N) is 3. The highest BCUT2D eigenvalue weighted by Gasteiger charge is 2.00. The number of carbonyl (C=O) groups excluding carboxylic acids is 1. The van der Waals surface area contributed by atoms with Gasteiger partial charge in [0.15, 0.2) is 5.96 Å². The molecular formula is C13H14ClN3O. The topological polar surface area (TPSA) is 65.0 Å². The van der Waals surface area contributed by atoms with E-state index in [1.165, 1.54) is 6.08 Å². The predicted molar refractivity (Wildman–Crippen MR) is 74.6 cm³/mol. The third-order valence-corrected chi connectivity index (χ3v) is 2.34. The summed E-state index contributed by atoms with van der Waals surface area (Å²) in [6.07, 6.45) is 4.52. The zero-order valence-electron chi connectivity index (χ0n) is 9.74. The van der Waals surface area contributed by atoms with Crippen LogP contribution in [0, 0.1) is 5.41 Å². The van der Waals surface area contributed by atoms with Crippen molar-refractivity contribution in [2.24, 2.45) is 0 Å². The molecule has 0 aliphatic carbocycles. The smallest absolute Gasteiger partial charge is 0.250 e. The minimum absolute atomic E-state index is 0.0660. The van der Waals surface area contributed by atoms with Crippen LogP contribution < -0.4 is 10.6 Å². The Hall–Kier alpha value is -2.07. The first-order chi connectivity index (χ1) is 8.63. The van der Waals surface area contributed by atoms with Crippen LogP contribution in [0.1, 0.15) is 5.56 Å². The molecule has 0 radical (unpaired) electrons. The molecule has 5 heteroatoms. The first-order valence-electron chi connectivity index (χ1n) is 5.30. The van der Waals surface area contributed by atoms with E-state index < -0.39 is 5.91 Å². The second-order valence-electron chi connectivity index (χ2n) is 3.39. The van der Waals surface area contributed by atoms with Gasteiger partial charge in [0, 0.05) is 17.6 Å². The molecule has 0 atom stereocenters. The molecule has 0 aromatic heterocycles. The highest BCUT2D eigenvalue weighted by molar-refractivity contribution is 6.32. The summed E-state index contributed by atoms with van der Waals surface area (Å²) in [5.74, 6) is -0.458. The van der Waals surface area contributed by atoms with Crippen LogP contribution in [0.2, 0.25) is 5.02 Å². The van der Waals surface area contributed by atoms with Crippen LogP contribution in [0.3, 0.4) is 0 Å². The first kappa shape index (κ1) is 14.0. The number of hydrogen-bond acceptors (Lipinski definition) is 2. The second-order valence-corrected chi connectivity index (χ2v) is 3.80. The standard InChI is InChI=1S/C13H14ClN3O/c1-2-9-16-13(15)17-12(18)8-7-10-5-3-4-6-11(10)14/h2-8H,1,9H2,(H3,15,16,17,18). The highest BCUT2D eigenvalue weighted by Crippen LogP contribution is 2.15. The molecule has 1 aromatic carbocycles. The molecule has 0 bridgehead atoms. The van der Waals surface area contributed by atoms with Crippen molar-refractivity contribution in [3.8, 4) is 0 Å². The lowest BCUT2D eigenvalue weighted by molar-refractivity contribution is -0.115. The summed E-state index contributed by atoms with van der Waals surface area (Å²) in [4.78, 5) is 11.5. The maximum absolute atomic E-state index is 11.5. The Labute approximate surface area is 111 Å². The van der Waals surface area contributed by atoms with Gasteiger partial charge in [-0.25, -0.2) is 0 Å². The van der Waals surface area contributed by atoms with E-state index in [9.17, 15) is 4.79 Å². The minimum atomic E-state index is -0.392. The summed E-state index contributed by atoms with van der Waals surface area (Å²) in [5, 5.41) is 13.0. The molecule has 18 heavy (non-hydrogen) atoms. The Morgan fingerprint density at radius 1 is 1.44 bits per heavy atom. The average Bonchev–Trinajstić information content (AvgIpc) is 2.35. The van der Waals surface area contributed by atoms with Crippen LogP contribution in [0.5, 0.6) is 0 Å². The number of carbonyl (C=O) groups is 1.